The second kappa shape index (κ2) is 9.33. The minimum Gasteiger partial charge on any atom is -0.399 e. The highest BCUT2D eigenvalue weighted by molar-refractivity contribution is 6.62. The zero-order chi connectivity index (χ0) is 31.6. The third kappa shape index (κ3) is 3.96. The molecule has 2 aliphatic carbocycles. The molecule has 2 fully saturated rings. The third-order valence-electron chi connectivity index (χ3n) is 11.4. The fourth-order valence-corrected chi connectivity index (χ4v) is 7.48. The second-order valence-corrected chi connectivity index (χ2v) is 15.0. The summed E-state index contributed by atoms with van der Waals surface area (Å²) in [5, 5.41) is 0. The molecule has 0 saturated carbocycles. The highest BCUT2D eigenvalue weighted by Crippen LogP contribution is 2.58. The van der Waals surface area contributed by atoms with Crippen molar-refractivity contribution >= 4 is 37.3 Å². The van der Waals surface area contributed by atoms with Gasteiger partial charge < -0.3 is 18.6 Å². The molecule has 1 spiro atoms. The lowest BCUT2D eigenvalue weighted by Gasteiger charge is -2.36. The Kier molecular flexibility index (Phi) is 6.02. The van der Waals surface area contributed by atoms with Crippen LogP contribution in [0.1, 0.15) is 88.8 Å². The number of rotatable bonds is 2. The molecule has 0 aromatic heterocycles. The van der Waals surface area contributed by atoms with Crippen molar-refractivity contribution in [3.05, 3.63) is 118 Å². The molecule has 2 saturated heterocycles. The van der Waals surface area contributed by atoms with Gasteiger partial charge in [0, 0.05) is 0 Å². The molecule has 6 heteroatoms. The fraction of sp³-hybridized carbons (Fsp3) is 0.333. The topological polar surface area (TPSA) is 36.9 Å². The summed E-state index contributed by atoms with van der Waals surface area (Å²) < 4.78 is 26.3. The Labute approximate surface area is 268 Å². The maximum atomic E-state index is 6.58. The molecule has 0 bridgehead atoms. The van der Waals surface area contributed by atoms with E-state index in [1.165, 1.54) is 44.5 Å². The quantitative estimate of drug-likeness (QED) is 0.200. The van der Waals surface area contributed by atoms with E-state index < -0.39 is 42.1 Å². The van der Waals surface area contributed by atoms with Crippen molar-refractivity contribution in [2.24, 2.45) is 0 Å². The van der Waals surface area contributed by atoms with Crippen LogP contribution >= 0.6 is 0 Å². The minimum atomic E-state index is -0.583. The molecule has 0 unspecified atom stereocenters. The Morgan fingerprint density at radius 2 is 0.778 bits per heavy atom. The fourth-order valence-electron chi connectivity index (χ4n) is 7.48. The van der Waals surface area contributed by atoms with Crippen LogP contribution in [0.15, 0.2) is 84.9 Å². The zero-order valence-electron chi connectivity index (χ0n) is 27.5. The lowest BCUT2D eigenvalue weighted by molar-refractivity contribution is 0.00578. The molecule has 2 aliphatic heterocycles. The summed E-state index contributed by atoms with van der Waals surface area (Å²) in [6.45, 7) is 16.9. The van der Waals surface area contributed by atoms with E-state index in [4.69, 9.17) is 18.6 Å². The van der Waals surface area contributed by atoms with Gasteiger partial charge in [-0.3, -0.25) is 0 Å². The predicted octanol–water partition coefficient (Wildman–Crippen LogP) is 7.13. The molecule has 4 aromatic carbocycles. The van der Waals surface area contributed by atoms with Crippen molar-refractivity contribution < 1.29 is 18.6 Å². The Hall–Kier alpha value is -3.41. The molecule has 0 amide bonds. The van der Waals surface area contributed by atoms with Gasteiger partial charge in [0.2, 0.25) is 0 Å². The van der Waals surface area contributed by atoms with Crippen molar-refractivity contribution in [2.75, 3.05) is 0 Å². The first-order chi connectivity index (χ1) is 21.3. The largest absolute Gasteiger partial charge is 0.494 e. The summed E-state index contributed by atoms with van der Waals surface area (Å²) in [5.41, 5.74) is 9.58. The molecule has 0 radical (unpaired) electrons. The van der Waals surface area contributed by atoms with Gasteiger partial charge in [-0.2, -0.15) is 0 Å². The number of hydrogen-bond donors (Lipinski definition) is 0. The Morgan fingerprint density at radius 1 is 0.422 bits per heavy atom. The van der Waals surface area contributed by atoms with Crippen molar-refractivity contribution in [3.63, 3.8) is 0 Å². The maximum Gasteiger partial charge on any atom is 0.494 e. The smallest absolute Gasteiger partial charge is 0.399 e. The molecule has 4 aliphatic rings. The predicted molar refractivity (Wildman–Crippen MR) is 184 cm³/mol. The van der Waals surface area contributed by atoms with E-state index in [0.717, 1.165) is 10.9 Å². The average Bonchev–Trinajstić information content (AvgIpc) is 3.46. The normalized spacial score (nSPS) is 22.1. The van der Waals surface area contributed by atoms with Crippen molar-refractivity contribution in [3.8, 4) is 11.1 Å². The Bertz CT molecular complexity index is 1730. The molecule has 8 rings (SSSR count). The van der Waals surface area contributed by atoms with Crippen molar-refractivity contribution in [1.29, 1.82) is 0 Å². The standard InChI is InChI=1S/C39H40B2O4/c1-35(2)36(3,4)43-40(42-35)27-21-19-25-17-18-26-20-22-28(41-44-37(5,6)38(7,8)45-41)24-34(26)39(33(25)23-27)31-15-11-9-13-29(31)30-14-10-12-16-32(30)39/h9-24H,1-8H3. The molecule has 4 nitrogen and oxygen atoms in total. The van der Waals surface area contributed by atoms with Crippen LogP contribution < -0.4 is 10.9 Å². The molecular formula is C39H40B2O4. The maximum absolute atomic E-state index is 6.58. The SMILES string of the molecule is CC1(C)OB(c2ccc3c(c2)C2(c4cc(B5OC(C)(C)C(C)(C)O5)ccc4C=C3)c3ccccc3-c3ccccc32)OC1(C)C. The van der Waals surface area contributed by atoms with Gasteiger partial charge in [-0.1, -0.05) is 97.1 Å². The van der Waals surface area contributed by atoms with E-state index in [-0.39, 0.29) is 0 Å². The second-order valence-electron chi connectivity index (χ2n) is 15.0. The highest BCUT2D eigenvalue weighted by Gasteiger charge is 2.55. The van der Waals surface area contributed by atoms with Gasteiger partial charge in [-0.25, -0.2) is 0 Å². The Morgan fingerprint density at radius 3 is 1.16 bits per heavy atom. The first-order valence-electron chi connectivity index (χ1n) is 16.1. The van der Waals surface area contributed by atoms with Crippen LogP contribution in [-0.2, 0) is 24.0 Å². The lowest BCUT2D eigenvalue weighted by Crippen LogP contribution is -2.41. The van der Waals surface area contributed by atoms with Crippen LogP contribution in [0.2, 0.25) is 0 Å². The van der Waals surface area contributed by atoms with E-state index in [1.54, 1.807) is 0 Å². The molecular weight excluding hydrogens is 554 g/mol. The van der Waals surface area contributed by atoms with Gasteiger partial charge in [0.15, 0.2) is 0 Å². The van der Waals surface area contributed by atoms with Crippen molar-refractivity contribution in [1.82, 2.24) is 0 Å². The van der Waals surface area contributed by atoms with Crippen LogP contribution in [0.4, 0.5) is 0 Å². The lowest BCUT2D eigenvalue weighted by atomic mass is 9.63. The molecule has 2 heterocycles. The molecule has 4 aromatic rings. The summed E-state index contributed by atoms with van der Waals surface area (Å²) in [7, 11) is -0.931. The van der Waals surface area contributed by atoms with Crippen LogP contribution in [0, 0.1) is 0 Å². The summed E-state index contributed by atoms with van der Waals surface area (Å²) >= 11 is 0. The summed E-state index contributed by atoms with van der Waals surface area (Å²) in [5.74, 6) is 0. The summed E-state index contributed by atoms with van der Waals surface area (Å²) in [4.78, 5) is 0. The summed E-state index contributed by atoms with van der Waals surface area (Å²) in [6, 6.07) is 31.2. The summed E-state index contributed by atoms with van der Waals surface area (Å²) in [6.07, 6.45) is 4.52. The first-order valence-corrected chi connectivity index (χ1v) is 16.1. The van der Waals surface area contributed by atoms with Crippen molar-refractivity contribution in [2.45, 2.75) is 83.2 Å². The van der Waals surface area contributed by atoms with Gasteiger partial charge in [-0.05, 0) is 111 Å². The Balaban J connectivity index is 1.40. The van der Waals surface area contributed by atoms with E-state index in [2.05, 4.69) is 152 Å². The van der Waals surface area contributed by atoms with E-state index >= 15 is 0 Å². The number of fused-ring (bicyclic) bond motifs is 9. The zero-order valence-corrected chi connectivity index (χ0v) is 27.5. The monoisotopic (exact) mass is 594 g/mol. The van der Waals surface area contributed by atoms with E-state index in [1.807, 2.05) is 0 Å². The molecule has 0 atom stereocenters. The molecule has 45 heavy (non-hydrogen) atoms. The molecule has 0 N–H and O–H groups in total. The number of hydrogen-bond acceptors (Lipinski definition) is 4. The number of benzene rings is 4. The van der Waals surface area contributed by atoms with Gasteiger partial charge in [0.05, 0.1) is 27.8 Å². The van der Waals surface area contributed by atoms with E-state index in [0.29, 0.717) is 0 Å². The van der Waals surface area contributed by atoms with Gasteiger partial charge in [0.25, 0.3) is 0 Å². The van der Waals surface area contributed by atoms with Gasteiger partial charge in [0.1, 0.15) is 0 Å². The van der Waals surface area contributed by atoms with Gasteiger partial charge in [-0.15, -0.1) is 0 Å². The van der Waals surface area contributed by atoms with Crippen LogP contribution in [0.25, 0.3) is 23.3 Å². The third-order valence-corrected chi connectivity index (χ3v) is 11.4. The minimum absolute atomic E-state index is 0.432. The first kappa shape index (κ1) is 29.0. The molecule has 226 valence electrons. The van der Waals surface area contributed by atoms with Crippen LogP contribution in [-0.4, -0.2) is 36.6 Å². The van der Waals surface area contributed by atoms with Gasteiger partial charge >= 0.3 is 14.2 Å². The average molecular weight is 594 g/mol. The van der Waals surface area contributed by atoms with Crippen LogP contribution in [0.3, 0.4) is 0 Å². The van der Waals surface area contributed by atoms with Crippen LogP contribution in [0.5, 0.6) is 0 Å². The highest BCUT2D eigenvalue weighted by atomic mass is 16.7. The van der Waals surface area contributed by atoms with E-state index in [9.17, 15) is 0 Å².